The highest BCUT2D eigenvalue weighted by molar-refractivity contribution is 5.79. The summed E-state index contributed by atoms with van der Waals surface area (Å²) in [4.78, 5) is 24.1. The van der Waals surface area contributed by atoms with E-state index in [1.165, 1.54) is 25.5 Å². The van der Waals surface area contributed by atoms with Gasteiger partial charge in [-0.15, -0.1) is 0 Å². The average molecular weight is 314 g/mol. The molecule has 0 amide bonds. The van der Waals surface area contributed by atoms with Crippen molar-refractivity contribution in [3.8, 4) is 0 Å². The van der Waals surface area contributed by atoms with Crippen LogP contribution in [-0.2, 0) is 16.1 Å². The molecule has 0 atom stereocenters. The predicted molar refractivity (Wildman–Crippen MR) is 88.2 cm³/mol. The zero-order valence-corrected chi connectivity index (χ0v) is 13.2. The van der Waals surface area contributed by atoms with E-state index in [1.807, 2.05) is 6.07 Å². The van der Waals surface area contributed by atoms with E-state index in [0.717, 1.165) is 25.7 Å². The minimum absolute atomic E-state index is 0.0217. The molecule has 0 saturated heterocycles. The van der Waals surface area contributed by atoms with Crippen molar-refractivity contribution in [1.29, 1.82) is 0 Å². The molecule has 1 saturated carbocycles. The largest absolute Gasteiger partial charge is 0.461 e. The summed E-state index contributed by atoms with van der Waals surface area (Å²) in [7, 11) is 0. The number of carbonyl (C=O) groups is 1. The van der Waals surface area contributed by atoms with Gasteiger partial charge in [0.2, 0.25) is 5.43 Å². The van der Waals surface area contributed by atoms with Gasteiger partial charge >= 0.3 is 5.97 Å². The lowest BCUT2D eigenvalue weighted by molar-refractivity contribution is -0.150. The number of aromatic nitrogens is 2. The van der Waals surface area contributed by atoms with E-state index in [4.69, 9.17) is 4.74 Å². The Kier molecular flexibility index (Phi) is 5.05. The van der Waals surface area contributed by atoms with Crippen LogP contribution in [0.3, 0.4) is 0 Å². The highest BCUT2D eigenvalue weighted by atomic mass is 16.5. The summed E-state index contributed by atoms with van der Waals surface area (Å²) < 4.78 is 7.18. The number of nitrogens with zero attached hydrogens (tertiary/aromatic N) is 2. The third-order valence-electron chi connectivity index (χ3n) is 4.39. The zero-order valence-electron chi connectivity index (χ0n) is 13.2. The van der Waals surface area contributed by atoms with Gasteiger partial charge < -0.3 is 4.74 Å². The van der Waals surface area contributed by atoms with Crippen LogP contribution in [0.25, 0.3) is 10.9 Å². The second-order valence-electron chi connectivity index (χ2n) is 6.14. The number of ether oxygens (including phenoxy) is 1. The molecular formula is C18H22N2O3. The molecule has 0 radical (unpaired) electrons. The first-order valence-corrected chi connectivity index (χ1v) is 8.38. The number of carbonyl (C=O) groups excluding carboxylic acids is 1. The van der Waals surface area contributed by atoms with Gasteiger partial charge in [0.15, 0.2) is 0 Å². The number of para-hydroxylation sites is 1. The van der Waals surface area contributed by atoms with E-state index in [-0.39, 0.29) is 24.0 Å². The maximum atomic E-state index is 12.2. The average Bonchev–Trinajstić information content (AvgIpc) is 2.53. The topological polar surface area (TPSA) is 61.2 Å². The van der Waals surface area contributed by atoms with Gasteiger partial charge in [-0.05, 0) is 37.8 Å². The lowest BCUT2D eigenvalue weighted by atomic mass is 9.99. The molecule has 0 spiro atoms. The van der Waals surface area contributed by atoms with Gasteiger partial charge in [0, 0.05) is 5.39 Å². The summed E-state index contributed by atoms with van der Waals surface area (Å²) in [5, 5.41) is 4.65. The maximum Gasteiger partial charge on any atom is 0.328 e. The van der Waals surface area contributed by atoms with Crippen LogP contribution in [0.4, 0.5) is 0 Å². The second kappa shape index (κ2) is 7.40. The molecule has 122 valence electrons. The molecule has 2 aromatic rings. The van der Waals surface area contributed by atoms with E-state index in [9.17, 15) is 9.59 Å². The predicted octanol–water partition coefficient (Wildman–Crippen LogP) is 3.05. The van der Waals surface area contributed by atoms with Crippen molar-refractivity contribution in [2.45, 2.75) is 57.6 Å². The van der Waals surface area contributed by atoms with Crippen LogP contribution in [0.1, 0.15) is 44.9 Å². The first-order chi connectivity index (χ1) is 11.2. The molecule has 1 heterocycles. The Labute approximate surface area is 135 Å². The minimum atomic E-state index is -0.281. The van der Waals surface area contributed by atoms with Gasteiger partial charge in [-0.3, -0.25) is 14.3 Å². The molecule has 0 unspecified atom stereocenters. The molecule has 0 aliphatic heterocycles. The molecule has 3 rings (SSSR count). The quantitative estimate of drug-likeness (QED) is 0.817. The van der Waals surface area contributed by atoms with Crippen LogP contribution < -0.4 is 5.43 Å². The van der Waals surface area contributed by atoms with Crippen molar-refractivity contribution in [2.24, 2.45) is 0 Å². The van der Waals surface area contributed by atoms with Gasteiger partial charge in [-0.25, -0.2) is 0 Å². The number of fused-ring (bicyclic) bond motifs is 1. The molecule has 0 N–H and O–H groups in total. The Hall–Kier alpha value is -2.17. The number of esters is 1. The molecule has 1 aliphatic carbocycles. The lowest BCUT2D eigenvalue weighted by Gasteiger charge is -2.20. The molecular weight excluding hydrogens is 292 g/mol. The van der Waals surface area contributed by atoms with Crippen LogP contribution in [0, 0.1) is 0 Å². The fourth-order valence-corrected chi connectivity index (χ4v) is 3.17. The van der Waals surface area contributed by atoms with Crippen LogP contribution in [0.15, 0.2) is 35.3 Å². The second-order valence-corrected chi connectivity index (χ2v) is 6.14. The van der Waals surface area contributed by atoms with Crippen molar-refractivity contribution in [2.75, 3.05) is 0 Å². The molecule has 1 aromatic heterocycles. The highest BCUT2D eigenvalue weighted by Crippen LogP contribution is 2.19. The summed E-state index contributed by atoms with van der Waals surface area (Å²) in [6, 6.07) is 7.18. The number of benzene rings is 1. The van der Waals surface area contributed by atoms with Crippen LogP contribution in [0.2, 0.25) is 0 Å². The summed E-state index contributed by atoms with van der Waals surface area (Å²) >= 11 is 0. The maximum absolute atomic E-state index is 12.2. The summed E-state index contributed by atoms with van der Waals surface area (Å²) in [6.07, 6.45) is 9.15. The van der Waals surface area contributed by atoms with Crippen molar-refractivity contribution in [1.82, 2.24) is 9.78 Å². The first kappa shape index (κ1) is 15.7. The third kappa shape index (κ3) is 3.97. The summed E-state index contributed by atoms with van der Waals surface area (Å²) in [5.74, 6) is -0.281. The van der Waals surface area contributed by atoms with E-state index in [0.29, 0.717) is 10.9 Å². The van der Waals surface area contributed by atoms with Gasteiger partial charge in [0.25, 0.3) is 0 Å². The van der Waals surface area contributed by atoms with Gasteiger partial charge in [0.05, 0.1) is 11.7 Å². The van der Waals surface area contributed by atoms with E-state index in [1.54, 1.807) is 22.9 Å². The summed E-state index contributed by atoms with van der Waals surface area (Å²) in [6.45, 7) is 0.0390. The number of hydrogen-bond acceptors (Lipinski definition) is 4. The smallest absolute Gasteiger partial charge is 0.328 e. The monoisotopic (exact) mass is 314 g/mol. The normalized spacial score (nSPS) is 16.7. The summed E-state index contributed by atoms with van der Waals surface area (Å²) in [5.41, 5.74) is 0.528. The van der Waals surface area contributed by atoms with Gasteiger partial charge in [0.1, 0.15) is 12.6 Å². The minimum Gasteiger partial charge on any atom is -0.461 e. The molecule has 1 aromatic carbocycles. The third-order valence-corrected chi connectivity index (χ3v) is 4.39. The Morgan fingerprint density at radius 3 is 2.61 bits per heavy atom. The van der Waals surface area contributed by atoms with Crippen molar-refractivity contribution < 1.29 is 9.53 Å². The lowest BCUT2D eigenvalue weighted by Crippen LogP contribution is -2.24. The van der Waals surface area contributed by atoms with Crippen molar-refractivity contribution >= 4 is 16.9 Å². The molecule has 5 nitrogen and oxygen atoms in total. The molecule has 5 heteroatoms. The Bertz CT molecular complexity index is 730. The van der Waals surface area contributed by atoms with E-state index < -0.39 is 0 Å². The zero-order chi connectivity index (χ0) is 16.1. The molecule has 1 fully saturated rings. The van der Waals surface area contributed by atoms with Gasteiger partial charge in [-0.1, -0.05) is 31.4 Å². The highest BCUT2D eigenvalue weighted by Gasteiger charge is 2.17. The molecule has 0 bridgehead atoms. The van der Waals surface area contributed by atoms with Crippen LogP contribution in [-0.4, -0.2) is 21.9 Å². The standard InChI is InChI=1S/C18H22N2O3/c21-17-12-19-20(16-11-7-6-10-15(16)17)13-18(22)23-14-8-4-2-1-3-5-9-14/h6-7,10-12,14H,1-5,8-9,13H2. The van der Waals surface area contributed by atoms with E-state index >= 15 is 0 Å². The Morgan fingerprint density at radius 2 is 1.83 bits per heavy atom. The molecule has 1 aliphatic rings. The fourth-order valence-electron chi connectivity index (χ4n) is 3.17. The Morgan fingerprint density at radius 1 is 1.13 bits per heavy atom. The molecule has 23 heavy (non-hydrogen) atoms. The Balaban J connectivity index is 1.70. The first-order valence-electron chi connectivity index (χ1n) is 8.38. The number of hydrogen-bond donors (Lipinski definition) is 0. The van der Waals surface area contributed by atoms with E-state index in [2.05, 4.69) is 5.10 Å². The fraction of sp³-hybridized carbons (Fsp3) is 0.500. The van der Waals surface area contributed by atoms with Crippen LogP contribution in [0.5, 0.6) is 0 Å². The van der Waals surface area contributed by atoms with Crippen molar-refractivity contribution in [3.63, 3.8) is 0 Å². The van der Waals surface area contributed by atoms with Crippen molar-refractivity contribution in [3.05, 3.63) is 40.7 Å². The number of rotatable bonds is 3. The van der Waals surface area contributed by atoms with Gasteiger partial charge in [-0.2, -0.15) is 5.10 Å². The van der Waals surface area contributed by atoms with Crippen LogP contribution >= 0.6 is 0 Å². The SMILES string of the molecule is O=C(Cn1ncc(=O)c2ccccc21)OC1CCCCCCC1.